The molecule has 0 aliphatic carbocycles. The van der Waals surface area contributed by atoms with Gasteiger partial charge in [-0.25, -0.2) is 8.42 Å². The molecule has 0 bridgehead atoms. The van der Waals surface area contributed by atoms with Crippen LogP contribution in [0.15, 0.2) is 64.6 Å². The van der Waals surface area contributed by atoms with Crippen LogP contribution in [0, 0.1) is 10.1 Å². The zero-order valence-electron chi connectivity index (χ0n) is 18.7. The first-order valence-corrected chi connectivity index (χ1v) is 12.0. The van der Waals surface area contributed by atoms with E-state index in [0.717, 1.165) is 28.2 Å². The van der Waals surface area contributed by atoms with E-state index in [2.05, 4.69) is 10.5 Å². The Labute approximate surface area is 197 Å². The molecule has 1 fully saturated rings. The quantitative estimate of drug-likeness (QED) is 0.309. The Kier molecular flexibility index (Phi) is 6.77. The van der Waals surface area contributed by atoms with E-state index in [-0.39, 0.29) is 42.6 Å². The van der Waals surface area contributed by atoms with Gasteiger partial charge in [0.05, 0.1) is 35.9 Å². The Hall–Kier alpha value is -3.54. The summed E-state index contributed by atoms with van der Waals surface area (Å²) >= 11 is 0. The summed E-state index contributed by atoms with van der Waals surface area (Å²) in [6.07, 6.45) is 0. The summed E-state index contributed by atoms with van der Waals surface area (Å²) < 4.78 is 37.4. The lowest BCUT2D eigenvalue weighted by Crippen LogP contribution is -2.40. The van der Waals surface area contributed by atoms with Crippen molar-refractivity contribution in [2.75, 3.05) is 38.8 Å². The predicted molar refractivity (Wildman–Crippen MR) is 129 cm³/mol. The lowest BCUT2D eigenvalue weighted by Gasteiger charge is -2.26. The number of hydrogen-bond acceptors (Lipinski definition) is 8. The van der Waals surface area contributed by atoms with Crippen molar-refractivity contribution in [1.29, 1.82) is 0 Å². The van der Waals surface area contributed by atoms with E-state index in [0.29, 0.717) is 5.71 Å². The summed E-state index contributed by atoms with van der Waals surface area (Å²) in [5.41, 5.74) is 3.87. The summed E-state index contributed by atoms with van der Waals surface area (Å²) in [6, 6.07) is 15.3. The van der Waals surface area contributed by atoms with Crippen LogP contribution in [-0.4, -0.2) is 56.8 Å². The van der Waals surface area contributed by atoms with Gasteiger partial charge in [-0.3, -0.25) is 15.5 Å². The number of benzene rings is 3. The normalized spacial score (nSPS) is 15.3. The summed E-state index contributed by atoms with van der Waals surface area (Å²) in [5.74, 6) is 0.763. The van der Waals surface area contributed by atoms with Gasteiger partial charge in [-0.2, -0.15) is 9.41 Å². The van der Waals surface area contributed by atoms with Gasteiger partial charge in [-0.1, -0.05) is 18.2 Å². The van der Waals surface area contributed by atoms with E-state index in [1.165, 1.54) is 16.4 Å². The minimum Gasteiger partial charge on any atom is -0.497 e. The van der Waals surface area contributed by atoms with E-state index in [9.17, 15) is 18.5 Å². The molecule has 1 aliphatic heterocycles. The molecule has 0 unspecified atom stereocenters. The molecule has 0 saturated carbocycles. The Morgan fingerprint density at radius 3 is 2.50 bits per heavy atom. The van der Waals surface area contributed by atoms with Crippen LogP contribution < -0.4 is 10.2 Å². The minimum absolute atomic E-state index is 0.0933. The largest absolute Gasteiger partial charge is 0.497 e. The fourth-order valence-corrected chi connectivity index (χ4v) is 5.07. The Morgan fingerprint density at radius 1 is 1.09 bits per heavy atom. The van der Waals surface area contributed by atoms with Gasteiger partial charge in [0, 0.05) is 19.2 Å². The number of nitrogens with one attached hydrogen (secondary N) is 1. The predicted octanol–water partition coefficient (Wildman–Crippen LogP) is 3.61. The molecule has 0 radical (unpaired) electrons. The topological polar surface area (TPSA) is 123 Å². The second-order valence-corrected chi connectivity index (χ2v) is 9.63. The Balaban J connectivity index is 1.59. The van der Waals surface area contributed by atoms with Crippen LogP contribution in [0.2, 0.25) is 0 Å². The zero-order valence-corrected chi connectivity index (χ0v) is 19.5. The van der Waals surface area contributed by atoms with E-state index >= 15 is 0 Å². The van der Waals surface area contributed by atoms with Gasteiger partial charge in [-0.15, -0.1) is 0 Å². The summed E-state index contributed by atoms with van der Waals surface area (Å²) in [5, 5.41) is 18.0. The maximum Gasteiger partial charge on any atom is 0.295 e. The lowest BCUT2D eigenvalue weighted by molar-refractivity contribution is -0.384. The minimum atomic E-state index is -3.86. The van der Waals surface area contributed by atoms with Crippen LogP contribution in [0.5, 0.6) is 5.75 Å². The molecule has 10 nitrogen and oxygen atoms in total. The highest BCUT2D eigenvalue weighted by Gasteiger charge is 2.28. The average molecular weight is 485 g/mol. The fourth-order valence-electron chi connectivity index (χ4n) is 3.64. The summed E-state index contributed by atoms with van der Waals surface area (Å²) in [6.45, 7) is 2.77. The number of fused-ring (bicyclic) bond motifs is 1. The van der Waals surface area contributed by atoms with Crippen molar-refractivity contribution in [3.05, 3.63) is 70.3 Å². The molecule has 34 heavy (non-hydrogen) atoms. The number of ether oxygens (including phenoxy) is 2. The van der Waals surface area contributed by atoms with Crippen molar-refractivity contribution in [1.82, 2.24) is 4.31 Å². The molecule has 1 N–H and O–H groups in total. The smallest absolute Gasteiger partial charge is 0.295 e. The van der Waals surface area contributed by atoms with Crippen LogP contribution in [-0.2, 0) is 14.8 Å². The van der Waals surface area contributed by atoms with Gasteiger partial charge >= 0.3 is 0 Å². The number of hydrogen-bond donors (Lipinski definition) is 1. The molecule has 0 amide bonds. The zero-order chi connectivity index (χ0) is 24.3. The molecule has 1 saturated heterocycles. The molecule has 4 rings (SSSR count). The van der Waals surface area contributed by atoms with Crippen molar-refractivity contribution < 1.29 is 22.8 Å². The molecule has 1 aliphatic rings. The highest BCUT2D eigenvalue weighted by Crippen LogP contribution is 2.29. The monoisotopic (exact) mass is 484 g/mol. The number of rotatable bonds is 7. The number of hydrazone groups is 1. The highest BCUT2D eigenvalue weighted by molar-refractivity contribution is 7.89. The maximum absolute atomic E-state index is 12.9. The maximum atomic E-state index is 12.9. The molecular weight excluding hydrogens is 460 g/mol. The van der Waals surface area contributed by atoms with E-state index in [1.54, 1.807) is 14.0 Å². The number of methoxy groups -OCH3 is 1. The Morgan fingerprint density at radius 2 is 1.79 bits per heavy atom. The molecule has 0 spiro atoms. The molecule has 1 heterocycles. The lowest BCUT2D eigenvalue weighted by atomic mass is 10.0. The van der Waals surface area contributed by atoms with Crippen LogP contribution in [0.4, 0.5) is 11.4 Å². The SMILES string of the molecule is COc1ccc2cc(/C(C)=N/Nc3ccc(S(=O)(=O)N4CCOCC4)cc3[N+](=O)[O-])ccc2c1. The first kappa shape index (κ1) is 23.6. The second kappa shape index (κ2) is 9.75. The standard InChI is InChI=1S/C23H24N4O6S/c1-16(17-3-4-19-14-20(32-2)6-5-18(19)13-17)24-25-22-8-7-21(15-23(22)27(28)29)34(30,31)26-9-11-33-12-10-26/h3-8,13-15,25H,9-12H2,1-2H3/b24-16+. The van der Waals surface area contributed by atoms with Gasteiger partial charge in [0.1, 0.15) is 11.4 Å². The Bertz CT molecular complexity index is 1370. The molecular formula is C23H24N4O6S. The van der Waals surface area contributed by atoms with Gasteiger partial charge in [0.15, 0.2) is 0 Å². The number of anilines is 1. The van der Waals surface area contributed by atoms with Gasteiger partial charge in [-0.05, 0) is 53.6 Å². The average Bonchev–Trinajstić information content (AvgIpc) is 2.86. The highest BCUT2D eigenvalue weighted by atomic mass is 32.2. The third-order valence-corrected chi connectivity index (χ3v) is 7.48. The molecule has 178 valence electrons. The van der Waals surface area contributed by atoms with Crippen molar-refractivity contribution >= 4 is 37.9 Å². The van der Waals surface area contributed by atoms with Gasteiger partial charge in [0.25, 0.3) is 5.69 Å². The second-order valence-electron chi connectivity index (χ2n) is 7.69. The van der Waals surface area contributed by atoms with Crippen molar-refractivity contribution in [3.63, 3.8) is 0 Å². The van der Waals surface area contributed by atoms with E-state index in [4.69, 9.17) is 9.47 Å². The van der Waals surface area contributed by atoms with Crippen LogP contribution >= 0.6 is 0 Å². The molecule has 11 heteroatoms. The molecule has 3 aromatic carbocycles. The van der Waals surface area contributed by atoms with E-state index in [1.807, 2.05) is 36.4 Å². The van der Waals surface area contributed by atoms with Crippen LogP contribution in [0.1, 0.15) is 12.5 Å². The third kappa shape index (κ3) is 4.86. The first-order chi connectivity index (χ1) is 16.3. The van der Waals surface area contributed by atoms with Crippen LogP contribution in [0.3, 0.4) is 0 Å². The number of morpholine rings is 1. The molecule has 3 aromatic rings. The van der Waals surface area contributed by atoms with Crippen molar-refractivity contribution in [3.8, 4) is 5.75 Å². The number of nitro benzene ring substituents is 1. The summed E-state index contributed by atoms with van der Waals surface area (Å²) in [4.78, 5) is 10.9. The van der Waals surface area contributed by atoms with Gasteiger partial charge in [0.2, 0.25) is 10.0 Å². The van der Waals surface area contributed by atoms with Crippen molar-refractivity contribution in [2.24, 2.45) is 5.10 Å². The van der Waals surface area contributed by atoms with Crippen LogP contribution in [0.25, 0.3) is 10.8 Å². The molecule has 0 aromatic heterocycles. The third-order valence-electron chi connectivity index (χ3n) is 5.58. The van der Waals surface area contributed by atoms with Crippen molar-refractivity contribution in [2.45, 2.75) is 11.8 Å². The van der Waals surface area contributed by atoms with E-state index < -0.39 is 14.9 Å². The number of sulfonamides is 1. The number of nitrogens with zero attached hydrogens (tertiary/aromatic N) is 3. The molecule has 0 atom stereocenters. The summed E-state index contributed by atoms with van der Waals surface area (Å²) in [7, 11) is -2.25. The first-order valence-electron chi connectivity index (χ1n) is 10.5. The number of nitro groups is 1. The fraction of sp³-hybridized carbons (Fsp3) is 0.261. The van der Waals surface area contributed by atoms with Gasteiger partial charge < -0.3 is 9.47 Å².